The zero-order valence-electron chi connectivity index (χ0n) is 15.9. The summed E-state index contributed by atoms with van der Waals surface area (Å²) in [6.07, 6.45) is -1.03. The fourth-order valence-electron chi connectivity index (χ4n) is 2.94. The average molecular weight is 390 g/mol. The number of carbonyl (C=O) groups is 4. The molecular formula is C19H22N2O7. The standard InChI is InChI=1S/C19H22N2O7/c1-19(2,3)27-18(25)20-10-11-8-9-14(26-11)17(24)28-21-15(22)12-6-4-5-7-13(12)16(21)23/h4-7,11,14H,8-10H2,1-3H3,(H,20,25)/t11-,14+/m0/s1. The quantitative estimate of drug-likeness (QED) is 0.781. The summed E-state index contributed by atoms with van der Waals surface area (Å²) in [5.74, 6) is -2.19. The molecule has 9 nitrogen and oxygen atoms in total. The molecule has 0 saturated carbocycles. The second-order valence-corrected chi connectivity index (χ2v) is 7.57. The van der Waals surface area contributed by atoms with Gasteiger partial charge in [0.1, 0.15) is 5.60 Å². The van der Waals surface area contributed by atoms with Crippen molar-refractivity contribution in [2.45, 2.75) is 51.4 Å². The Kier molecular flexibility index (Phi) is 5.37. The van der Waals surface area contributed by atoms with Crippen LogP contribution in [0, 0.1) is 0 Å². The van der Waals surface area contributed by atoms with Crippen molar-refractivity contribution in [1.82, 2.24) is 10.4 Å². The van der Waals surface area contributed by atoms with E-state index in [0.29, 0.717) is 17.9 Å². The highest BCUT2D eigenvalue weighted by Gasteiger charge is 2.41. The van der Waals surface area contributed by atoms with Gasteiger partial charge in [-0.2, -0.15) is 0 Å². The van der Waals surface area contributed by atoms with Crippen molar-refractivity contribution in [3.05, 3.63) is 35.4 Å². The van der Waals surface area contributed by atoms with Crippen LogP contribution in [0.15, 0.2) is 24.3 Å². The van der Waals surface area contributed by atoms with Gasteiger partial charge in [-0.1, -0.05) is 17.2 Å². The lowest BCUT2D eigenvalue weighted by Crippen LogP contribution is -2.39. The van der Waals surface area contributed by atoms with Crippen molar-refractivity contribution in [2.75, 3.05) is 6.54 Å². The topological polar surface area (TPSA) is 111 Å². The number of hydroxylamine groups is 2. The summed E-state index contributed by atoms with van der Waals surface area (Å²) in [6.45, 7) is 5.43. The van der Waals surface area contributed by atoms with Gasteiger partial charge in [-0.05, 0) is 45.7 Å². The Morgan fingerprint density at radius 3 is 2.32 bits per heavy atom. The molecule has 0 radical (unpaired) electrons. The predicted octanol–water partition coefficient (Wildman–Crippen LogP) is 1.81. The number of hydrogen-bond donors (Lipinski definition) is 1. The highest BCUT2D eigenvalue weighted by atomic mass is 16.7. The molecule has 1 aromatic rings. The van der Waals surface area contributed by atoms with Gasteiger partial charge in [0.15, 0.2) is 6.10 Å². The highest BCUT2D eigenvalue weighted by Crippen LogP contribution is 2.25. The summed E-state index contributed by atoms with van der Waals surface area (Å²) in [5, 5.41) is 3.04. The monoisotopic (exact) mass is 390 g/mol. The van der Waals surface area contributed by atoms with Gasteiger partial charge in [0.2, 0.25) is 0 Å². The Labute approximate surface area is 161 Å². The predicted molar refractivity (Wildman–Crippen MR) is 95.2 cm³/mol. The molecule has 1 N–H and O–H groups in total. The summed E-state index contributed by atoms with van der Waals surface area (Å²) in [5.41, 5.74) is -0.238. The minimum Gasteiger partial charge on any atom is -0.444 e. The largest absolute Gasteiger partial charge is 0.444 e. The number of fused-ring (bicyclic) bond motifs is 1. The summed E-state index contributed by atoms with van der Waals surface area (Å²) in [7, 11) is 0. The molecule has 2 aliphatic heterocycles. The summed E-state index contributed by atoms with van der Waals surface area (Å²) < 4.78 is 10.7. The Morgan fingerprint density at radius 2 is 1.75 bits per heavy atom. The second kappa shape index (κ2) is 7.59. The van der Waals surface area contributed by atoms with Crippen LogP contribution in [0.25, 0.3) is 0 Å². The normalized spacial score (nSPS) is 21.5. The number of nitrogens with one attached hydrogen (secondary N) is 1. The van der Waals surface area contributed by atoms with Gasteiger partial charge in [0.05, 0.1) is 17.2 Å². The first-order valence-electron chi connectivity index (χ1n) is 8.97. The minimum absolute atomic E-state index is 0.172. The molecule has 3 amide bonds. The molecule has 2 aliphatic rings. The van der Waals surface area contributed by atoms with Gasteiger partial charge in [-0.25, -0.2) is 9.59 Å². The summed E-state index contributed by atoms with van der Waals surface area (Å²) >= 11 is 0. The van der Waals surface area contributed by atoms with Gasteiger partial charge in [0, 0.05) is 6.54 Å². The molecule has 1 saturated heterocycles. The second-order valence-electron chi connectivity index (χ2n) is 7.57. The van der Waals surface area contributed by atoms with E-state index in [1.165, 1.54) is 12.1 Å². The van der Waals surface area contributed by atoms with Crippen LogP contribution in [-0.4, -0.2) is 53.3 Å². The van der Waals surface area contributed by atoms with E-state index >= 15 is 0 Å². The first-order valence-corrected chi connectivity index (χ1v) is 8.97. The van der Waals surface area contributed by atoms with Crippen molar-refractivity contribution in [3.63, 3.8) is 0 Å². The van der Waals surface area contributed by atoms with Crippen molar-refractivity contribution in [3.8, 4) is 0 Å². The van der Waals surface area contributed by atoms with E-state index in [0.717, 1.165) is 0 Å². The Bertz CT molecular complexity index is 780. The third kappa shape index (κ3) is 4.30. The van der Waals surface area contributed by atoms with Gasteiger partial charge >= 0.3 is 12.1 Å². The molecule has 0 aromatic heterocycles. The van der Waals surface area contributed by atoms with Crippen LogP contribution >= 0.6 is 0 Å². The third-order valence-electron chi connectivity index (χ3n) is 4.18. The fourth-order valence-corrected chi connectivity index (χ4v) is 2.94. The first-order chi connectivity index (χ1) is 13.2. The minimum atomic E-state index is -0.922. The smallest absolute Gasteiger partial charge is 0.407 e. The molecule has 2 heterocycles. The van der Waals surface area contributed by atoms with Gasteiger partial charge in [-0.3, -0.25) is 9.59 Å². The van der Waals surface area contributed by atoms with Crippen molar-refractivity contribution in [2.24, 2.45) is 0 Å². The molecule has 1 aromatic carbocycles. The maximum Gasteiger partial charge on any atom is 0.407 e. The van der Waals surface area contributed by atoms with Crippen molar-refractivity contribution in [1.29, 1.82) is 0 Å². The number of carbonyl (C=O) groups excluding carboxylic acids is 4. The zero-order valence-corrected chi connectivity index (χ0v) is 15.9. The van der Waals surface area contributed by atoms with E-state index in [1.54, 1.807) is 32.9 Å². The molecule has 2 atom stereocenters. The van der Waals surface area contributed by atoms with Gasteiger partial charge < -0.3 is 19.6 Å². The van der Waals surface area contributed by atoms with E-state index in [2.05, 4.69) is 5.32 Å². The first kappa shape index (κ1) is 19.8. The molecule has 1 fully saturated rings. The molecule has 0 unspecified atom stereocenters. The number of alkyl carbamates (subject to hydrolysis) is 1. The average Bonchev–Trinajstić information content (AvgIpc) is 3.18. The van der Waals surface area contributed by atoms with Gasteiger partial charge in [-0.15, -0.1) is 0 Å². The van der Waals surface area contributed by atoms with E-state index in [4.69, 9.17) is 14.3 Å². The fraction of sp³-hybridized carbons (Fsp3) is 0.474. The van der Waals surface area contributed by atoms with Crippen LogP contribution in [-0.2, 0) is 19.1 Å². The number of hydrogen-bond acceptors (Lipinski definition) is 7. The van der Waals surface area contributed by atoms with E-state index in [-0.39, 0.29) is 17.7 Å². The number of benzene rings is 1. The molecule has 150 valence electrons. The van der Waals surface area contributed by atoms with Crippen LogP contribution in [0.5, 0.6) is 0 Å². The Morgan fingerprint density at radius 1 is 1.14 bits per heavy atom. The molecular weight excluding hydrogens is 368 g/mol. The van der Waals surface area contributed by atoms with Crippen LogP contribution in [0.2, 0.25) is 0 Å². The van der Waals surface area contributed by atoms with Crippen LogP contribution < -0.4 is 5.32 Å². The van der Waals surface area contributed by atoms with Crippen LogP contribution in [0.3, 0.4) is 0 Å². The third-order valence-corrected chi connectivity index (χ3v) is 4.18. The molecule has 9 heteroatoms. The maximum absolute atomic E-state index is 12.3. The molecule has 28 heavy (non-hydrogen) atoms. The Balaban J connectivity index is 1.50. The van der Waals surface area contributed by atoms with Crippen LogP contribution in [0.1, 0.15) is 54.3 Å². The highest BCUT2D eigenvalue weighted by molar-refractivity contribution is 6.20. The molecule has 0 aliphatic carbocycles. The Hall–Kier alpha value is -2.94. The lowest BCUT2D eigenvalue weighted by atomic mass is 10.1. The molecule has 0 bridgehead atoms. The lowest BCUT2D eigenvalue weighted by molar-refractivity contribution is -0.180. The number of ether oxygens (including phenoxy) is 2. The summed E-state index contributed by atoms with van der Waals surface area (Å²) in [6, 6.07) is 6.23. The molecule has 3 rings (SSSR count). The zero-order chi connectivity index (χ0) is 20.5. The van der Waals surface area contributed by atoms with E-state index < -0.39 is 41.7 Å². The van der Waals surface area contributed by atoms with Crippen molar-refractivity contribution >= 4 is 23.9 Å². The number of nitrogens with zero attached hydrogens (tertiary/aromatic N) is 1. The maximum atomic E-state index is 12.3. The van der Waals surface area contributed by atoms with Gasteiger partial charge in [0.25, 0.3) is 11.8 Å². The van der Waals surface area contributed by atoms with E-state index in [1.807, 2.05) is 0 Å². The van der Waals surface area contributed by atoms with Crippen LogP contribution in [0.4, 0.5) is 4.79 Å². The number of amides is 3. The van der Waals surface area contributed by atoms with E-state index in [9.17, 15) is 19.2 Å². The van der Waals surface area contributed by atoms with Crippen molar-refractivity contribution < 1.29 is 33.5 Å². The lowest BCUT2D eigenvalue weighted by Gasteiger charge is -2.21. The molecule has 0 spiro atoms. The number of rotatable bonds is 4. The summed E-state index contributed by atoms with van der Waals surface area (Å²) in [4.78, 5) is 53.5. The number of imide groups is 1. The SMILES string of the molecule is CC(C)(C)OC(=O)NC[C@@H]1CC[C@H](C(=O)ON2C(=O)c3ccccc3C2=O)O1.